The Morgan fingerprint density at radius 1 is 1.35 bits per heavy atom. The number of aromatic nitrogens is 2. The third kappa shape index (κ3) is 2.73. The summed E-state index contributed by atoms with van der Waals surface area (Å²) >= 11 is 0. The van der Waals surface area contributed by atoms with E-state index in [1.165, 1.54) is 24.2 Å². The third-order valence-electron chi connectivity index (χ3n) is 4.48. The molecule has 110 valence electrons. The van der Waals surface area contributed by atoms with E-state index in [1.807, 2.05) is 0 Å². The zero-order chi connectivity index (χ0) is 13.9. The number of carbonyl (C=O) groups excluding carboxylic acids is 1. The predicted molar refractivity (Wildman–Crippen MR) is 75.2 cm³/mol. The first kappa shape index (κ1) is 13.6. The number of ether oxygens (including phenoxy) is 1. The van der Waals surface area contributed by atoms with Gasteiger partial charge in [0.1, 0.15) is 5.82 Å². The number of nitrogens with zero attached hydrogens (tertiary/aromatic N) is 2. The molecule has 1 amide bonds. The van der Waals surface area contributed by atoms with Crippen molar-refractivity contribution in [3.8, 4) is 0 Å². The summed E-state index contributed by atoms with van der Waals surface area (Å²) in [5, 5.41) is 3.04. The zero-order valence-corrected chi connectivity index (χ0v) is 12.2. The molecule has 0 unspecified atom stereocenters. The fourth-order valence-corrected chi connectivity index (χ4v) is 3.17. The van der Waals surface area contributed by atoms with Gasteiger partial charge >= 0.3 is 0 Å². The summed E-state index contributed by atoms with van der Waals surface area (Å²) in [5.41, 5.74) is 2.58. The van der Waals surface area contributed by atoms with Crippen LogP contribution in [0.3, 0.4) is 0 Å². The lowest BCUT2D eigenvalue weighted by atomic mass is 9.99. The Morgan fingerprint density at radius 3 is 2.85 bits per heavy atom. The highest BCUT2D eigenvalue weighted by Crippen LogP contribution is 2.21. The van der Waals surface area contributed by atoms with E-state index in [-0.39, 0.29) is 11.8 Å². The molecule has 0 bridgehead atoms. The van der Waals surface area contributed by atoms with Crippen LogP contribution in [0.25, 0.3) is 0 Å². The number of amides is 1. The van der Waals surface area contributed by atoms with Crippen LogP contribution >= 0.6 is 0 Å². The fourth-order valence-electron chi connectivity index (χ4n) is 3.17. The van der Waals surface area contributed by atoms with E-state index < -0.39 is 0 Å². The van der Waals surface area contributed by atoms with Gasteiger partial charge in [-0.05, 0) is 38.5 Å². The van der Waals surface area contributed by atoms with Gasteiger partial charge in [0, 0.05) is 31.9 Å². The highest BCUT2D eigenvalue weighted by atomic mass is 16.5. The summed E-state index contributed by atoms with van der Waals surface area (Å²) in [7, 11) is 2.06. The number of nitrogens with one attached hydrogen (secondary N) is 1. The average molecular weight is 277 g/mol. The van der Waals surface area contributed by atoms with Crippen LogP contribution in [-0.4, -0.2) is 28.7 Å². The first-order valence-electron chi connectivity index (χ1n) is 7.64. The first-order valence-corrected chi connectivity index (χ1v) is 7.64. The molecule has 2 heterocycles. The van der Waals surface area contributed by atoms with Gasteiger partial charge < -0.3 is 14.6 Å². The maximum Gasteiger partial charge on any atom is 0.223 e. The molecule has 1 N–H and O–H groups in total. The van der Waals surface area contributed by atoms with Crippen LogP contribution in [0.2, 0.25) is 0 Å². The van der Waals surface area contributed by atoms with Crippen LogP contribution in [-0.2, 0) is 36.0 Å². The quantitative estimate of drug-likeness (QED) is 0.907. The molecular formula is C15H23N3O2. The van der Waals surface area contributed by atoms with Crippen LogP contribution < -0.4 is 5.32 Å². The van der Waals surface area contributed by atoms with Crippen molar-refractivity contribution >= 4 is 5.91 Å². The van der Waals surface area contributed by atoms with Crippen LogP contribution in [0.4, 0.5) is 0 Å². The molecule has 1 aromatic heterocycles. The molecule has 0 atom stereocenters. The van der Waals surface area contributed by atoms with E-state index in [2.05, 4.69) is 16.9 Å². The van der Waals surface area contributed by atoms with Gasteiger partial charge in [-0.1, -0.05) is 0 Å². The molecule has 1 aromatic rings. The fraction of sp³-hybridized carbons (Fsp3) is 0.733. The highest BCUT2D eigenvalue weighted by Gasteiger charge is 2.22. The summed E-state index contributed by atoms with van der Waals surface area (Å²) in [4.78, 5) is 16.8. The van der Waals surface area contributed by atoms with Crippen molar-refractivity contribution in [2.24, 2.45) is 13.0 Å². The minimum absolute atomic E-state index is 0.110. The van der Waals surface area contributed by atoms with E-state index in [9.17, 15) is 4.79 Å². The zero-order valence-electron chi connectivity index (χ0n) is 12.2. The lowest BCUT2D eigenvalue weighted by molar-refractivity contribution is -0.128. The SMILES string of the molecule is Cn1c(CNC(=O)C2CCOCC2)nc2c1CCCC2. The number of hydrogen-bond acceptors (Lipinski definition) is 3. The van der Waals surface area contributed by atoms with Crippen molar-refractivity contribution in [2.75, 3.05) is 13.2 Å². The molecule has 1 fully saturated rings. The van der Waals surface area contributed by atoms with Gasteiger partial charge in [0.15, 0.2) is 0 Å². The van der Waals surface area contributed by atoms with Crippen LogP contribution in [0.5, 0.6) is 0 Å². The molecule has 0 aromatic carbocycles. The summed E-state index contributed by atoms with van der Waals surface area (Å²) in [6.45, 7) is 1.95. The summed E-state index contributed by atoms with van der Waals surface area (Å²) < 4.78 is 7.46. The lowest BCUT2D eigenvalue weighted by Crippen LogP contribution is -2.34. The Labute approximate surface area is 119 Å². The summed E-state index contributed by atoms with van der Waals surface area (Å²) in [5.74, 6) is 1.24. The molecule has 1 saturated heterocycles. The van der Waals surface area contributed by atoms with Crippen molar-refractivity contribution in [2.45, 2.75) is 45.1 Å². The van der Waals surface area contributed by atoms with E-state index in [1.54, 1.807) is 0 Å². The number of carbonyl (C=O) groups is 1. The van der Waals surface area contributed by atoms with Gasteiger partial charge in [-0.3, -0.25) is 4.79 Å². The Kier molecular flexibility index (Phi) is 4.05. The molecule has 0 saturated carbocycles. The second-order valence-electron chi connectivity index (χ2n) is 5.79. The molecule has 20 heavy (non-hydrogen) atoms. The first-order chi connectivity index (χ1) is 9.75. The number of hydrogen-bond donors (Lipinski definition) is 1. The molecule has 3 rings (SSSR count). The van der Waals surface area contributed by atoms with E-state index in [0.29, 0.717) is 19.8 Å². The molecule has 0 radical (unpaired) electrons. The number of fused-ring (bicyclic) bond motifs is 1. The molecular weight excluding hydrogens is 254 g/mol. The molecule has 1 aliphatic carbocycles. The Morgan fingerprint density at radius 2 is 2.10 bits per heavy atom. The molecule has 1 aliphatic heterocycles. The minimum atomic E-state index is 0.110. The lowest BCUT2D eigenvalue weighted by Gasteiger charge is -2.21. The Bertz CT molecular complexity index is 490. The Balaban J connectivity index is 1.60. The second kappa shape index (κ2) is 5.95. The molecule has 5 nitrogen and oxygen atoms in total. The van der Waals surface area contributed by atoms with Crippen molar-refractivity contribution in [1.82, 2.24) is 14.9 Å². The predicted octanol–water partition coefficient (Wildman–Crippen LogP) is 1.34. The normalized spacial score (nSPS) is 19.6. The van der Waals surface area contributed by atoms with Gasteiger partial charge in [-0.25, -0.2) is 4.98 Å². The van der Waals surface area contributed by atoms with Crippen molar-refractivity contribution in [1.29, 1.82) is 0 Å². The van der Waals surface area contributed by atoms with Crippen molar-refractivity contribution in [3.63, 3.8) is 0 Å². The molecule has 2 aliphatic rings. The van der Waals surface area contributed by atoms with E-state index in [4.69, 9.17) is 9.72 Å². The third-order valence-corrected chi connectivity index (χ3v) is 4.48. The summed E-state index contributed by atoms with van der Waals surface area (Å²) in [6, 6.07) is 0. The molecule has 0 spiro atoms. The smallest absolute Gasteiger partial charge is 0.223 e. The monoisotopic (exact) mass is 277 g/mol. The minimum Gasteiger partial charge on any atom is -0.381 e. The summed E-state index contributed by atoms with van der Waals surface area (Å²) in [6.07, 6.45) is 6.36. The number of rotatable bonds is 3. The van der Waals surface area contributed by atoms with Crippen molar-refractivity contribution < 1.29 is 9.53 Å². The number of aryl methyl sites for hydroxylation is 1. The van der Waals surface area contributed by atoms with Crippen molar-refractivity contribution in [3.05, 3.63) is 17.2 Å². The topological polar surface area (TPSA) is 56.2 Å². The van der Waals surface area contributed by atoms with Crippen LogP contribution in [0.1, 0.15) is 42.9 Å². The Hall–Kier alpha value is -1.36. The maximum atomic E-state index is 12.1. The van der Waals surface area contributed by atoms with E-state index >= 15 is 0 Å². The maximum absolute atomic E-state index is 12.1. The largest absolute Gasteiger partial charge is 0.381 e. The molecule has 5 heteroatoms. The van der Waals surface area contributed by atoms with Gasteiger partial charge in [-0.15, -0.1) is 0 Å². The average Bonchev–Trinajstić information content (AvgIpc) is 2.83. The van der Waals surface area contributed by atoms with Gasteiger partial charge in [-0.2, -0.15) is 0 Å². The van der Waals surface area contributed by atoms with Gasteiger partial charge in [0.25, 0.3) is 0 Å². The number of imidazole rings is 1. The van der Waals surface area contributed by atoms with Crippen LogP contribution in [0.15, 0.2) is 0 Å². The van der Waals surface area contributed by atoms with E-state index in [0.717, 1.165) is 31.5 Å². The van der Waals surface area contributed by atoms with Gasteiger partial charge in [0.05, 0.1) is 12.2 Å². The van der Waals surface area contributed by atoms with Gasteiger partial charge in [0.2, 0.25) is 5.91 Å². The highest BCUT2D eigenvalue weighted by molar-refractivity contribution is 5.78. The van der Waals surface area contributed by atoms with Crippen LogP contribution in [0, 0.1) is 5.92 Å². The second-order valence-corrected chi connectivity index (χ2v) is 5.79. The standard InChI is InChI=1S/C15H23N3O2/c1-18-13-5-3-2-4-12(13)17-14(18)10-16-15(19)11-6-8-20-9-7-11/h11H,2-10H2,1H3,(H,16,19).